The summed E-state index contributed by atoms with van der Waals surface area (Å²) in [6.45, 7) is 0. The molecule has 0 fully saturated rings. The summed E-state index contributed by atoms with van der Waals surface area (Å²) in [7, 11) is 0. The van der Waals surface area contributed by atoms with Crippen LogP contribution in [0.5, 0.6) is 5.75 Å². The highest BCUT2D eigenvalue weighted by molar-refractivity contribution is 5.67. The van der Waals surface area contributed by atoms with Crippen LogP contribution in [0.2, 0.25) is 0 Å². The fourth-order valence-corrected chi connectivity index (χ4v) is 1.49. The molecule has 0 atom stereocenters. The third-order valence-electron chi connectivity index (χ3n) is 2.34. The second-order valence-electron chi connectivity index (χ2n) is 3.47. The topological polar surface area (TPSA) is 63.4 Å². The van der Waals surface area contributed by atoms with E-state index < -0.39 is 16.5 Å². The molecule has 0 heterocycles. The van der Waals surface area contributed by atoms with E-state index in [1.165, 1.54) is 30.3 Å². The average Bonchev–Trinajstić information content (AvgIpc) is 2.33. The zero-order valence-electron chi connectivity index (χ0n) is 8.63. The Labute approximate surface area is 96.1 Å². The SMILES string of the molecule is O=[N+]([O-])c1cccc(-c2ccc(F)c(O)c2)c1. The smallest absolute Gasteiger partial charge is 0.270 e. The Kier molecular flexibility index (Phi) is 2.74. The van der Waals surface area contributed by atoms with Crippen LogP contribution in [0.25, 0.3) is 11.1 Å². The van der Waals surface area contributed by atoms with Gasteiger partial charge in [0.1, 0.15) is 0 Å². The second-order valence-corrected chi connectivity index (χ2v) is 3.47. The van der Waals surface area contributed by atoms with Crippen molar-refractivity contribution in [1.29, 1.82) is 0 Å². The van der Waals surface area contributed by atoms with Crippen molar-refractivity contribution in [3.63, 3.8) is 0 Å². The molecule has 86 valence electrons. The first kappa shape index (κ1) is 11.1. The molecule has 0 aliphatic carbocycles. The van der Waals surface area contributed by atoms with Gasteiger partial charge >= 0.3 is 0 Å². The molecule has 0 aliphatic heterocycles. The third kappa shape index (κ3) is 2.23. The lowest BCUT2D eigenvalue weighted by Gasteiger charge is -2.03. The second kappa shape index (κ2) is 4.21. The van der Waals surface area contributed by atoms with E-state index in [0.29, 0.717) is 11.1 Å². The van der Waals surface area contributed by atoms with Gasteiger partial charge in [0.15, 0.2) is 11.6 Å². The Bertz CT molecular complexity index is 584. The standard InChI is InChI=1S/C12H8FNO3/c13-11-5-4-9(7-12(11)15)8-2-1-3-10(6-8)14(16)17/h1-7,15H. The highest BCUT2D eigenvalue weighted by Crippen LogP contribution is 2.27. The molecule has 0 unspecified atom stereocenters. The lowest BCUT2D eigenvalue weighted by Crippen LogP contribution is -1.88. The quantitative estimate of drug-likeness (QED) is 0.640. The van der Waals surface area contributed by atoms with Crippen molar-refractivity contribution in [3.05, 3.63) is 58.4 Å². The normalized spacial score (nSPS) is 10.2. The van der Waals surface area contributed by atoms with Gasteiger partial charge in [-0.2, -0.15) is 0 Å². The van der Waals surface area contributed by atoms with Crippen LogP contribution in [0.15, 0.2) is 42.5 Å². The highest BCUT2D eigenvalue weighted by Gasteiger charge is 2.08. The monoisotopic (exact) mass is 233 g/mol. The third-order valence-corrected chi connectivity index (χ3v) is 2.34. The van der Waals surface area contributed by atoms with E-state index in [1.54, 1.807) is 6.07 Å². The van der Waals surface area contributed by atoms with Gasteiger partial charge in [-0.1, -0.05) is 18.2 Å². The minimum Gasteiger partial charge on any atom is -0.505 e. The summed E-state index contributed by atoms with van der Waals surface area (Å²) < 4.78 is 12.9. The van der Waals surface area contributed by atoms with Crippen molar-refractivity contribution >= 4 is 5.69 Å². The largest absolute Gasteiger partial charge is 0.505 e. The molecule has 0 saturated carbocycles. The molecule has 2 aromatic carbocycles. The van der Waals surface area contributed by atoms with Crippen molar-refractivity contribution in [2.45, 2.75) is 0 Å². The van der Waals surface area contributed by atoms with E-state index in [0.717, 1.165) is 6.07 Å². The molecule has 2 aromatic rings. The number of phenolic OH excluding ortho intramolecular Hbond substituents is 1. The van der Waals surface area contributed by atoms with Crippen LogP contribution >= 0.6 is 0 Å². The minimum atomic E-state index is -0.723. The Morgan fingerprint density at radius 1 is 1.12 bits per heavy atom. The number of hydrogen-bond acceptors (Lipinski definition) is 3. The molecule has 2 rings (SSSR count). The number of aromatic hydroxyl groups is 1. The molecule has 1 N–H and O–H groups in total. The predicted octanol–water partition coefficient (Wildman–Crippen LogP) is 3.11. The minimum absolute atomic E-state index is 0.0497. The maximum Gasteiger partial charge on any atom is 0.270 e. The number of nitro groups is 1. The summed E-state index contributed by atoms with van der Waals surface area (Å²) in [5, 5.41) is 19.8. The lowest BCUT2D eigenvalue weighted by molar-refractivity contribution is -0.384. The highest BCUT2D eigenvalue weighted by atomic mass is 19.1. The lowest BCUT2D eigenvalue weighted by atomic mass is 10.0. The molecule has 5 heteroatoms. The van der Waals surface area contributed by atoms with Gasteiger partial charge in [0.25, 0.3) is 5.69 Å². The van der Waals surface area contributed by atoms with Gasteiger partial charge in [-0.25, -0.2) is 4.39 Å². The van der Waals surface area contributed by atoms with Crippen molar-refractivity contribution in [2.75, 3.05) is 0 Å². The molecule has 17 heavy (non-hydrogen) atoms. The first-order valence-corrected chi connectivity index (χ1v) is 4.81. The van der Waals surface area contributed by atoms with E-state index in [9.17, 15) is 19.6 Å². The van der Waals surface area contributed by atoms with Crippen LogP contribution in [-0.2, 0) is 0 Å². The maximum atomic E-state index is 12.9. The summed E-state index contributed by atoms with van der Waals surface area (Å²) >= 11 is 0. The van der Waals surface area contributed by atoms with E-state index >= 15 is 0 Å². The van der Waals surface area contributed by atoms with Crippen molar-refractivity contribution in [2.24, 2.45) is 0 Å². The molecule has 0 aromatic heterocycles. The summed E-state index contributed by atoms with van der Waals surface area (Å²) in [4.78, 5) is 10.1. The number of non-ortho nitro benzene ring substituents is 1. The number of halogens is 1. The number of benzene rings is 2. The zero-order chi connectivity index (χ0) is 12.4. The Morgan fingerprint density at radius 2 is 1.82 bits per heavy atom. The molecule has 0 saturated heterocycles. The van der Waals surface area contributed by atoms with E-state index in [4.69, 9.17) is 0 Å². The maximum absolute atomic E-state index is 12.9. The molecule has 0 bridgehead atoms. The van der Waals surface area contributed by atoms with Gasteiger partial charge in [0.2, 0.25) is 0 Å². The van der Waals surface area contributed by atoms with E-state index in [1.807, 2.05) is 0 Å². The Hall–Kier alpha value is -2.43. The molecule has 0 amide bonds. The van der Waals surface area contributed by atoms with Gasteiger partial charge < -0.3 is 5.11 Å². The van der Waals surface area contributed by atoms with Gasteiger partial charge in [-0.15, -0.1) is 0 Å². The number of rotatable bonds is 2. The number of nitro benzene ring substituents is 1. The zero-order valence-corrected chi connectivity index (χ0v) is 8.63. The first-order valence-electron chi connectivity index (χ1n) is 4.81. The van der Waals surface area contributed by atoms with Gasteiger partial charge in [-0.3, -0.25) is 10.1 Å². The first-order chi connectivity index (χ1) is 8.08. The van der Waals surface area contributed by atoms with Crippen LogP contribution in [0.4, 0.5) is 10.1 Å². The molecular weight excluding hydrogens is 225 g/mol. The fourth-order valence-electron chi connectivity index (χ4n) is 1.49. The molecule has 0 spiro atoms. The van der Waals surface area contributed by atoms with E-state index in [2.05, 4.69) is 0 Å². The molecular formula is C12H8FNO3. The van der Waals surface area contributed by atoms with E-state index in [-0.39, 0.29) is 5.69 Å². The van der Waals surface area contributed by atoms with Crippen LogP contribution in [0, 0.1) is 15.9 Å². The number of nitrogens with zero attached hydrogens (tertiary/aromatic N) is 1. The van der Waals surface area contributed by atoms with Gasteiger partial charge in [-0.05, 0) is 23.3 Å². The van der Waals surface area contributed by atoms with Crippen LogP contribution in [0.3, 0.4) is 0 Å². The summed E-state index contributed by atoms with van der Waals surface area (Å²) in [6, 6.07) is 9.72. The van der Waals surface area contributed by atoms with Crippen LogP contribution in [0.1, 0.15) is 0 Å². The van der Waals surface area contributed by atoms with Crippen molar-refractivity contribution in [3.8, 4) is 16.9 Å². The van der Waals surface area contributed by atoms with Crippen LogP contribution in [-0.4, -0.2) is 10.0 Å². The molecule has 0 aliphatic rings. The number of hydrogen-bond donors (Lipinski definition) is 1. The molecule has 4 nitrogen and oxygen atoms in total. The average molecular weight is 233 g/mol. The van der Waals surface area contributed by atoms with Crippen LogP contribution < -0.4 is 0 Å². The van der Waals surface area contributed by atoms with Gasteiger partial charge in [0.05, 0.1) is 4.92 Å². The Morgan fingerprint density at radius 3 is 2.47 bits per heavy atom. The van der Waals surface area contributed by atoms with Crippen molar-refractivity contribution in [1.82, 2.24) is 0 Å². The number of phenols is 1. The van der Waals surface area contributed by atoms with Gasteiger partial charge in [0, 0.05) is 12.1 Å². The summed E-state index contributed by atoms with van der Waals surface area (Å²) in [5.41, 5.74) is 1.02. The summed E-state index contributed by atoms with van der Waals surface area (Å²) in [6.07, 6.45) is 0. The fraction of sp³-hybridized carbons (Fsp3) is 0. The Balaban J connectivity index is 2.49. The summed E-state index contributed by atoms with van der Waals surface area (Å²) in [5.74, 6) is -1.20. The predicted molar refractivity (Wildman–Crippen MR) is 60.2 cm³/mol. The molecule has 0 radical (unpaired) electrons. The van der Waals surface area contributed by atoms with Crippen molar-refractivity contribution < 1.29 is 14.4 Å².